The van der Waals surface area contributed by atoms with Crippen molar-refractivity contribution in [3.05, 3.63) is 29.5 Å². The van der Waals surface area contributed by atoms with Gasteiger partial charge in [-0.15, -0.1) is 11.3 Å². The summed E-state index contributed by atoms with van der Waals surface area (Å²) >= 11 is 1.73. The molecule has 2 aromatic heterocycles. The number of nitrogens with one attached hydrogen (secondary N) is 1. The van der Waals surface area contributed by atoms with Gasteiger partial charge >= 0.3 is 0 Å². The Labute approximate surface area is 111 Å². The first kappa shape index (κ1) is 11.9. The summed E-state index contributed by atoms with van der Waals surface area (Å²) in [6.45, 7) is 6.62. The quantitative estimate of drug-likeness (QED) is 0.923. The number of aromatic nitrogens is 1. The first-order valence-electron chi connectivity index (χ1n) is 6.29. The third-order valence-corrected chi connectivity index (χ3v) is 4.55. The summed E-state index contributed by atoms with van der Waals surface area (Å²) < 4.78 is 5.38. The Morgan fingerprint density at radius 1 is 1.44 bits per heavy atom. The van der Waals surface area contributed by atoms with Crippen LogP contribution >= 0.6 is 11.3 Å². The van der Waals surface area contributed by atoms with Crippen LogP contribution in [0.2, 0.25) is 0 Å². The average molecular weight is 263 g/mol. The summed E-state index contributed by atoms with van der Waals surface area (Å²) in [5, 5.41) is 4.35. The van der Waals surface area contributed by atoms with Gasteiger partial charge in [0.15, 0.2) is 10.8 Å². The lowest BCUT2D eigenvalue weighted by atomic mass is 10.2. The van der Waals surface area contributed by atoms with Crippen molar-refractivity contribution in [1.29, 1.82) is 0 Å². The van der Waals surface area contributed by atoms with E-state index >= 15 is 0 Å². The lowest BCUT2D eigenvalue weighted by Gasteiger charge is -2.31. The Hall–Kier alpha value is -1.17. The maximum Gasteiger partial charge on any atom is 0.162 e. The molecule has 0 spiro atoms. The van der Waals surface area contributed by atoms with E-state index in [4.69, 9.17) is 4.42 Å². The van der Waals surface area contributed by atoms with E-state index in [1.165, 1.54) is 4.88 Å². The summed E-state index contributed by atoms with van der Waals surface area (Å²) in [4.78, 5) is 8.26. The molecule has 1 aliphatic rings. The van der Waals surface area contributed by atoms with Gasteiger partial charge in [-0.05, 0) is 19.1 Å². The lowest BCUT2D eigenvalue weighted by molar-refractivity contribution is 0.188. The SMILES string of the molecule is CC(c1cnc(-c2ccco2)s1)N1CCNCC1. The molecular formula is C13H17N3OS. The topological polar surface area (TPSA) is 41.3 Å². The maximum atomic E-state index is 5.38. The first-order valence-corrected chi connectivity index (χ1v) is 7.10. The van der Waals surface area contributed by atoms with Crippen molar-refractivity contribution in [2.24, 2.45) is 0 Å². The summed E-state index contributed by atoms with van der Waals surface area (Å²) in [5.74, 6) is 0.860. The minimum atomic E-state index is 0.438. The standard InChI is InChI=1S/C13H17N3OS/c1-10(16-6-4-14-5-7-16)12-9-15-13(18-12)11-3-2-8-17-11/h2-3,8-10,14H,4-7H2,1H3. The fourth-order valence-electron chi connectivity index (χ4n) is 2.24. The molecule has 2 aromatic rings. The average Bonchev–Trinajstić information content (AvgIpc) is 3.09. The van der Waals surface area contributed by atoms with Crippen LogP contribution in [-0.4, -0.2) is 36.1 Å². The zero-order chi connectivity index (χ0) is 12.4. The highest BCUT2D eigenvalue weighted by atomic mass is 32.1. The van der Waals surface area contributed by atoms with Crippen LogP contribution in [0.1, 0.15) is 17.8 Å². The molecule has 0 bridgehead atoms. The molecule has 0 amide bonds. The highest BCUT2D eigenvalue weighted by Gasteiger charge is 2.20. The van der Waals surface area contributed by atoms with Crippen LogP contribution in [0.4, 0.5) is 0 Å². The second-order valence-electron chi connectivity index (χ2n) is 4.51. The number of rotatable bonds is 3. The van der Waals surface area contributed by atoms with Gasteiger partial charge in [-0.25, -0.2) is 4.98 Å². The van der Waals surface area contributed by atoms with E-state index in [0.717, 1.165) is 36.9 Å². The molecule has 3 heterocycles. The molecule has 18 heavy (non-hydrogen) atoms. The van der Waals surface area contributed by atoms with Crippen LogP contribution in [0.15, 0.2) is 29.0 Å². The number of furan rings is 1. The highest BCUT2D eigenvalue weighted by Crippen LogP contribution is 2.31. The van der Waals surface area contributed by atoms with Crippen molar-refractivity contribution in [1.82, 2.24) is 15.2 Å². The van der Waals surface area contributed by atoms with Gasteiger partial charge < -0.3 is 9.73 Å². The molecule has 5 heteroatoms. The van der Waals surface area contributed by atoms with Gasteiger partial charge in [0.1, 0.15) is 0 Å². The van der Waals surface area contributed by atoms with Crippen LogP contribution < -0.4 is 5.32 Å². The monoisotopic (exact) mass is 263 g/mol. The van der Waals surface area contributed by atoms with Crippen molar-refractivity contribution in [2.75, 3.05) is 26.2 Å². The lowest BCUT2D eigenvalue weighted by Crippen LogP contribution is -2.44. The molecule has 96 valence electrons. The van der Waals surface area contributed by atoms with Crippen LogP contribution in [0.5, 0.6) is 0 Å². The van der Waals surface area contributed by atoms with Gasteiger partial charge in [0.05, 0.1) is 6.26 Å². The molecule has 1 saturated heterocycles. The van der Waals surface area contributed by atoms with Crippen molar-refractivity contribution in [2.45, 2.75) is 13.0 Å². The molecule has 0 aromatic carbocycles. The second-order valence-corrected chi connectivity index (χ2v) is 5.57. The van der Waals surface area contributed by atoms with E-state index in [9.17, 15) is 0 Å². The van der Waals surface area contributed by atoms with Gasteiger partial charge in [0.2, 0.25) is 0 Å². The van der Waals surface area contributed by atoms with E-state index in [1.807, 2.05) is 18.3 Å². The Morgan fingerprint density at radius 2 is 2.28 bits per heavy atom. The number of hydrogen-bond acceptors (Lipinski definition) is 5. The molecule has 0 aliphatic carbocycles. The molecule has 1 atom stereocenters. The number of hydrogen-bond donors (Lipinski definition) is 1. The third-order valence-electron chi connectivity index (χ3n) is 3.37. The van der Waals surface area contributed by atoms with E-state index in [-0.39, 0.29) is 0 Å². The van der Waals surface area contributed by atoms with Crippen molar-refractivity contribution < 1.29 is 4.42 Å². The molecule has 0 radical (unpaired) electrons. The largest absolute Gasteiger partial charge is 0.462 e. The van der Waals surface area contributed by atoms with E-state index in [1.54, 1.807) is 17.6 Å². The number of thiazole rings is 1. The van der Waals surface area contributed by atoms with Gasteiger partial charge in [-0.2, -0.15) is 0 Å². The zero-order valence-corrected chi connectivity index (χ0v) is 11.2. The summed E-state index contributed by atoms with van der Waals surface area (Å²) in [5.41, 5.74) is 0. The summed E-state index contributed by atoms with van der Waals surface area (Å²) in [7, 11) is 0. The van der Waals surface area contributed by atoms with Gasteiger partial charge in [-0.3, -0.25) is 4.90 Å². The van der Waals surface area contributed by atoms with Gasteiger partial charge in [0.25, 0.3) is 0 Å². The maximum absolute atomic E-state index is 5.38. The predicted molar refractivity (Wildman–Crippen MR) is 72.7 cm³/mol. The molecule has 1 N–H and O–H groups in total. The van der Waals surface area contributed by atoms with E-state index in [2.05, 4.69) is 22.1 Å². The normalized spacial score (nSPS) is 18.9. The minimum absolute atomic E-state index is 0.438. The first-order chi connectivity index (χ1) is 8.84. The van der Waals surface area contributed by atoms with Crippen LogP contribution in [0, 0.1) is 0 Å². The smallest absolute Gasteiger partial charge is 0.162 e. The molecular weight excluding hydrogens is 246 g/mol. The Balaban J connectivity index is 1.76. The van der Waals surface area contributed by atoms with Crippen molar-refractivity contribution in [3.8, 4) is 10.8 Å². The summed E-state index contributed by atoms with van der Waals surface area (Å²) in [6, 6.07) is 4.29. The van der Waals surface area contributed by atoms with E-state index < -0.39 is 0 Å². The summed E-state index contributed by atoms with van der Waals surface area (Å²) in [6.07, 6.45) is 3.67. The molecule has 1 aliphatic heterocycles. The Morgan fingerprint density at radius 3 is 3.00 bits per heavy atom. The van der Waals surface area contributed by atoms with Crippen LogP contribution in [0.3, 0.4) is 0 Å². The fourth-order valence-corrected chi connectivity index (χ4v) is 3.21. The molecule has 4 nitrogen and oxygen atoms in total. The molecule has 1 unspecified atom stereocenters. The minimum Gasteiger partial charge on any atom is -0.462 e. The highest BCUT2D eigenvalue weighted by molar-refractivity contribution is 7.15. The number of nitrogens with zero attached hydrogens (tertiary/aromatic N) is 2. The second kappa shape index (κ2) is 5.22. The fraction of sp³-hybridized carbons (Fsp3) is 0.462. The van der Waals surface area contributed by atoms with Gasteiger partial charge in [0, 0.05) is 43.3 Å². The zero-order valence-electron chi connectivity index (χ0n) is 10.4. The van der Waals surface area contributed by atoms with Gasteiger partial charge in [-0.1, -0.05) is 0 Å². The third kappa shape index (κ3) is 2.34. The van der Waals surface area contributed by atoms with Crippen LogP contribution in [0.25, 0.3) is 10.8 Å². The molecule has 3 rings (SSSR count). The molecule has 1 fully saturated rings. The Bertz CT molecular complexity index is 488. The number of piperazine rings is 1. The molecule has 0 saturated carbocycles. The Kier molecular flexibility index (Phi) is 3.45. The predicted octanol–water partition coefficient (Wildman–Crippen LogP) is 2.37. The van der Waals surface area contributed by atoms with E-state index in [0.29, 0.717) is 6.04 Å². The van der Waals surface area contributed by atoms with Crippen molar-refractivity contribution >= 4 is 11.3 Å². The van der Waals surface area contributed by atoms with Crippen molar-refractivity contribution in [3.63, 3.8) is 0 Å². The van der Waals surface area contributed by atoms with Crippen LogP contribution in [-0.2, 0) is 0 Å².